The monoisotopic (exact) mass is 392 g/mol. The Hall–Kier alpha value is -0.970. The first-order valence-corrected chi connectivity index (χ1v) is 9.40. The number of aromatic nitrogens is 2. The molecular formula is C11H13BrN4O3S2. The van der Waals surface area contributed by atoms with Gasteiger partial charge in [-0.3, -0.25) is 0 Å². The van der Waals surface area contributed by atoms with Crippen molar-refractivity contribution in [2.75, 3.05) is 11.3 Å². The first kappa shape index (κ1) is 14.9. The molecule has 0 amide bonds. The maximum absolute atomic E-state index is 12.2. The van der Waals surface area contributed by atoms with Gasteiger partial charge in [0.2, 0.25) is 5.89 Å². The average molecular weight is 393 g/mol. The molecular weight excluding hydrogens is 380 g/mol. The van der Waals surface area contributed by atoms with Gasteiger partial charge in [0.05, 0.1) is 9.83 Å². The normalized spacial score (nSPS) is 19.0. The fourth-order valence-electron chi connectivity index (χ4n) is 2.04. The maximum atomic E-state index is 12.2. The summed E-state index contributed by atoms with van der Waals surface area (Å²) >= 11 is 4.45. The minimum atomic E-state index is -3.70. The van der Waals surface area contributed by atoms with Gasteiger partial charge in [0.15, 0.2) is 0 Å². The van der Waals surface area contributed by atoms with Crippen LogP contribution in [0.2, 0.25) is 0 Å². The van der Waals surface area contributed by atoms with Gasteiger partial charge in [-0.15, -0.1) is 16.4 Å². The second kappa shape index (κ2) is 5.67. The van der Waals surface area contributed by atoms with Gasteiger partial charge in [-0.1, -0.05) is 5.10 Å². The van der Waals surface area contributed by atoms with Gasteiger partial charge in [-0.2, -0.15) is 0 Å². The summed E-state index contributed by atoms with van der Waals surface area (Å²) in [5, 5.41) is 10.8. The molecule has 1 unspecified atom stereocenters. The van der Waals surface area contributed by atoms with Gasteiger partial charge in [0, 0.05) is 0 Å². The third-order valence-corrected chi connectivity index (χ3v) is 7.05. The zero-order chi connectivity index (χ0) is 15.0. The molecule has 114 valence electrons. The van der Waals surface area contributed by atoms with E-state index < -0.39 is 10.0 Å². The van der Waals surface area contributed by atoms with Crippen LogP contribution in [0.1, 0.15) is 30.3 Å². The SMILES string of the molecule is Cc1cc(S(=O)(=O)Nc2nnc(C3CCCN3)o2)sc1Br. The minimum absolute atomic E-state index is 0.00822. The lowest BCUT2D eigenvalue weighted by molar-refractivity contribution is 0.439. The topological polar surface area (TPSA) is 97.1 Å². The Morgan fingerprint density at radius 2 is 2.33 bits per heavy atom. The fourth-order valence-corrected chi connectivity index (χ4v) is 5.19. The van der Waals surface area contributed by atoms with Gasteiger partial charge in [-0.05, 0) is 53.9 Å². The van der Waals surface area contributed by atoms with E-state index in [-0.39, 0.29) is 16.3 Å². The van der Waals surface area contributed by atoms with Crippen LogP contribution >= 0.6 is 27.3 Å². The highest BCUT2D eigenvalue weighted by atomic mass is 79.9. The highest BCUT2D eigenvalue weighted by Crippen LogP contribution is 2.31. The van der Waals surface area contributed by atoms with Crippen molar-refractivity contribution in [1.29, 1.82) is 0 Å². The van der Waals surface area contributed by atoms with Gasteiger partial charge in [-0.25, -0.2) is 13.1 Å². The number of halogens is 1. The Kier molecular flexibility index (Phi) is 4.04. The lowest BCUT2D eigenvalue weighted by atomic mass is 10.2. The van der Waals surface area contributed by atoms with E-state index in [1.807, 2.05) is 6.92 Å². The first-order valence-electron chi connectivity index (χ1n) is 6.31. The summed E-state index contributed by atoms with van der Waals surface area (Å²) in [6.07, 6.45) is 1.95. The minimum Gasteiger partial charge on any atom is -0.406 e. The van der Waals surface area contributed by atoms with E-state index in [1.165, 1.54) is 0 Å². The molecule has 0 aliphatic carbocycles. The molecule has 0 bridgehead atoms. The summed E-state index contributed by atoms with van der Waals surface area (Å²) in [7, 11) is -3.70. The van der Waals surface area contributed by atoms with Crippen molar-refractivity contribution in [1.82, 2.24) is 15.5 Å². The number of anilines is 1. The average Bonchev–Trinajstić information content (AvgIpc) is 3.11. The largest absolute Gasteiger partial charge is 0.406 e. The van der Waals surface area contributed by atoms with Gasteiger partial charge < -0.3 is 9.73 Å². The van der Waals surface area contributed by atoms with Crippen LogP contribution in [0, 0.1) is 6.92 Å². The smallest absolute Gasteiger partial charge is 0.329 e. The van der Waals surface area contributed by atoms with E-state index in [9.17, 15) is 8.42 Å². The number of aryl methyl sites for hydroxylation is 1. The molecule has 2 aromatic heterocycles. The molecule has 0 spiro atoms. The maximum Gasteiger partial charge on any atom is 0.329 e. The van der Waals surface area contributed by atoms with Crippen LogP contribution in [0.25, 0.3) is 0 Å². The second-order valence-corrected chi connectivity index (χ2v) is 9.00. The highest BCUT2D eigenvalue weighted by Gasteiger charge is 2.25. The highest BCUT2D eigenvalue weighted by molar-refractivity contribution is 9.11. The number of sulfonamides is 1. The van der Waals surface area contributed by atoms with Crippen LogP contribution in [0.5, 0.6) is 0 Å². The van der Waals surface area contributed by atoms with E-state index in [0.29, 0.717) is 5.89 Å². The van der Waals surface area contributed by atoms with Crippen molar-refractivity contribution in [2.45, 2.75) is 30.0 Å². The molecule has 1 saturated heterocycles. The Labute approximate surface area is 134 Å². The van der Waals surface area contributed by atoms with Crippen LogP contribution in [0.15, 0.2) is 18.5 Å². The molecule has 3 heterocycles. The standard InChI is InChI=1S/C11H13BrN4O3S2/c1-6-5-8(20-9(6)12)21(17,18)16-11-15-14-10(19-11)7-3-2-4-13-7/h5,7,13H,2-4H2,1H3,(H,15,16). The van der Waals surface area contributed by atoms with Crippen molar-refractivity contribution in [3.63, 3.8) is 0 Å². The van der Waals surface area contributed by atoms with E-state index in [4.69, 9.17) is 4.42 Å². The Bertz CT molecular complexity index is 730. The predicted molar refractivity (Wildman–Crippen MR) is 81.8 cm³/mol. The molecule has 0 aromatic carbocycles. The summed E-state index contributed by atoms with van der Waals surface area (Å²) in [6.45, 7) is 2.73. The van der Waals surface area contributed by atoms with E-state index >= 15 is 0 Å². The van der Waals surface area contributed by atoms with Crippen LogP contribution in [0.3, 0.4) is 0 Å². The van der Waals surface area contributed by atoms with E-state index in [0.717, 1.165) is 40.1 Å². The lowest BCUT2D eigenvalue weighted by Crippen LogP contribution is -2.13. The summed E-state index contributed by atoms with van der Waals surface area (Å²) in [5.74, 6) is 0.411. The first-order chi connectivity index (χ1) is 9.95. The number of rotatable bonds is 4. The molecule has 1 aliphatic rings. The van der Waals surface area contributed by atoms with Crippen LogP contribution in [-0.2, 0) is 10.0 Å². The van der Waals surface area contributed by atoms with E-state index in [1.54, 1.807) is 6.07 Å². The Morgan fingerprint density at radius 1 is 1.52 bits per heavy atom. The van der Waals surface area contributed by atoms with Crippen molar-refractivity contribution < 1.29 is 12.8 Å². The molecule has 2 N–H and O–H groups in total. The zero-order valence-electron chi connectivity index (χ0n) is 11.1. The molecule has 1 fully saturated rings. The third kappa shape index (κ3) is 3.12. The number of thiophene rings is 1. The van der Waals surface area contributed by atoms with Crippen molar-refractivity contribution in [3.8, 4) is 0 Å². The Morgan fingerprint density at radius 3 is 2.95 bits per heavy atom. The molecule has 1 atom stereocenters. The van der Waals surface area contributed by atoms with E-state index in [2.05, 4.69) is 36.2 Å². The summed E-state index contributed by atoms with van der Waals surface area (Å²) in [4.78, 5) is 0. The molecule has 21 heavy (non-hydrogen) atoms. The van der Waals surface area contributed by atoms with Gasteiger partial charge in [0.25, 0.3) is 10.0 Å². The summed E-state index contributed by atoms with van der Waals surface area (Å²) in [6, 6.07) is 1.49. The lowest BCUT2D eigenvalue weighted by Gasteiger charge is -2.03. The third-order valence-electron chi connectivity index (χ3n) is 3.12. The number of hydrogen-bond acceptors (Lipinski definition) is 7. The van der Waals surface area contributed by atoms with Crippen LogP contribution in [0.4, 0.5) is 6.01 Å². The van der Waals surface area contributed by atoms with Crippen LogP contribution in [-0.4, -0.2) is 25.2 Å². The molecule has 0 saturated carbocycles. The number of nitrogens with zero attached hydrogens (tertiary/aromatic N) is 2. The van der Waals surface area contributed by atoms with Crippen molar-refractivity contribution >= 4 is 43.3 Å². The second-order valence-electron chi connectivity index (χ2n) is 4.72. The molecule has 2 aromatic rings. The zero-order valence-corrected chi connectivity index (χ0v) is 14.3. The molecule has 3 rings (SSSR count). The predicted octanol–water partition coefficient (Wildman–Crippen LogP) is 2.43. The Balaban J connectivity index is 1.79. The van der Waals surface area contributed by atoms with Crippen molar-refractivity contribution in [2.24, 2.45) is 0 Å². The quantitative estimate of drug-likeness (QED) is 0.828. The molecule has 1 aliphatic heterocycles. The fraction of sp³-hybridized carbons (Fsp3) is 0.455. The number of nitrogens with one attached hydrogen (secondary N) is 2. The molecule has 7 nitrogen and oxygen atoms in total. The van der Waals surface area contributed by atoms with Gasteiger partial charge >= 0.3 is 6.01 Å². The molecule has 0 radical (unpaired) electrons. The summed E-state index contributed by atoms with van der Waals surface area (Å²) in [5.41, 5.74) is 0.863. The number of hydrogen-bond donors (Lipinski definition) is 2. The summed E-state index contributed by atoms with van der Waals surface area (Å²) < 4.78 is 33.1. The van der Waals surface area contributed by atoms with Crippen molar-refractivity contribution in [3.05, 3.63) is 21.3 Å². The molecule has 10 heteroatoms. The van der Waals surface area contributed by atoms with Crippen LogP contribution < -0.4 is 10.0 Å². The van der Waals surface area contributed by atoms with Gasteiger partial charge in [0.1, 0.15) is 4.21 Å².